The second kappa shape index (κ2) is 7.74. The van der Waals surface area contributed by atoms with Crippen LogP contribution in [0.3, 0.4) is 0 Å². The number of carbonyl (C=O) groups excluding carboxylic acids is 1. The highest BCUT2D eigenvalue weighted by atomic mass is 28.2. The van der Waals surface area contributed by atoms with Gasteiger partial charge in [0.15, 0.2) is 0 Å². The summed E-state index contributed by atoms with van der Waals surface area (Å²) in [6, 6.07) is 6.29. The summed E-state index contributed by atoms with van der Waals surface area (Å²) in [7, 11) is -0.801. The smallest absolute Gasteiger partial charge is 0.329 e. The summed E-state index contributed by atoms with van der Waals surface area (Å²) in [4.78, 5) is 12.0. The van der Waals surface area contributed by atoms with Crippen LogP contribution < -0.4 is 5.19 Å². The van der Waals surface area contributed by atoms with Crippen LogP contribution in [0.15, 0.2) is 41.6 Å². The van der Waals surface area contributed by atoms with Crippen LogP contribution in [0.2, 0.25) is 0 Å². The molecule has 0 saturated carbocycles. The number of allylic oxidation sites excluding steroid dienone is 3. The Morgan fingerprint density at radius 2 is 2.11 bits per heavy atom. The number of aryl methyl sites for hydroxylation is 1. The average molecular weight is 274 g/mol. The van der Waals surface area contributed by atoms with Gasteiger partial charge in [0, 0.05) is 5.20 Å². The van der Waals surface area contributed by atoms with Gasteiger partial charge in [-0.1, -0.05) is 41.6 Å². The average Bonchev–Trinajstić information content (AvgIpc) is 2.39. The van der Waals surface area contributed by atoms with E-state index in [1.54, 1.807) is 0 Å². The van der Waals surface area contributed by atoms with Gasteiger partial charge in [-0.25, -0.2) is 4.79 Å². The third kappa shape index (κ3) is 4.52. The number of benzene rings is 1. The quantitative estimate of drug-likeness (QED) is 0.356. The van der Waals surface area contributed by atoms with Gasteiger partial charge >= 0.3 is 5.97 Å². The Hall–Kier alpha value is -1.61. The Bertz CT molecular complexity index is 501. The number of hydrogen-bond donors (Lipinski definition) is 0. The molecule has 19 heavy (non-hydrogen) atoms. The molecule has 102 valence electrons. The first kappa shape index (κ1) is 15.4. The van der Waals surface area contributed by atoms with Gasteiger partial charge in [0.2, 0.25) is 0 Å². The molecule has 1 aromatic rings. The minimum absolute atomic E-state index is 0.173. The zero-order valence-electron chi connectivity index (χ0n) is 12.2. The molecule has 0 spiro atoms. The molecule has 0 radical (unpaired) electrons. The van der Waals surface area contributed by atoms with Crippen molar-refractivity contribution >= 4 is 20.7 Å². The van der Waals surface area contributed by atoms with E-state index >= 15 is 0 Å². The summed E-state index contributed by atoms with van der Waals surface area (Å²) in [5.41, 5.74) is 2.57. The summed E-state index contributed by atoms with van der Waals surface area (Å²) < 4.78 is 5.14. The van der Waals surface area contributed by atoms with Crippen LogP contribution in [-0.2, 0) is 9.53 Å². The number of rotatable bonds is 5. The van der Waals surface area contributed by atoms with Gasteiger partial charge in [0.1, 0.15) is 0 Å². The maximum atomic E-state index is 12.0. The first-order valence-corrected chi connectivity index (χ1v) is 8.05. The molecule has 0 heterocycles. The van der Waals surface area contributed by atoms with E-state index in [1.807, 2.05) is 32.1 Å². The zero-order chi connectivity index (χ0) is 14.3. The van der Waals surface area contributed by atoms with Crippen LogP contribution >= 0.6 is 0 Å². The van der Waals surface area contributed by atoms with E-state index in [0.29, 0.717) is 6.61 Å². The van der Waals surface area contributed by atoms with E-state index in [4.69, 9.17) is 4.74 Å². The van der Waals surface area contributed by atoms with Crippen molar-refractivity contribution < 1.29 is 9.53 Å². The fourth-order valence-electron chi connectivity index (χ4n) is 1.84. The van der Waals surface area contributed by atoms with Gasteiger partial charge < -0.3 is 4.74 Å². The Morgan fingerprint density at radius 3 is 2.74 bits per heavy atom. The molecule has 0 bridgehead atoms. The lowest BCUT2D eigenvalue weighted by molar-refractivity contribution is -0.137. The monoisotopic (exact) mass is 274 g/mol. The van der Waals surface area contributed by atoms with Crippen LogP contribution in [0.1, 0.15) is 25.0 Å². The lowest BCUT2D eigenvalue weighted by atomic mass is 10.1. The first-order chi connectivity index (χ1) is 9.10. The van der Waals surface area contributed by atoms with Crippen LogP contribution in [0.5, 0.6) is 0 Å². The van der Waals surface area contributed by atoms with Crippen molar-refractivity contribution in [3.63, 3.8) is 0 Å². The second-order valence-corrected chi connectivity index (χ2v) is 6.35. The van der Waals surface area contributed by atoms with Gasteiger partial charge in [0.05, 0.1) is 16.1 Å². The lowest BCUT2D eigenvalue weighted by Gasteiger charge is -2.10. The van der Waals surface area contributed by atoms with E-state index in [9.17, 15) is 4.79 Å². The first-order valence-electron chi connectivity index (χ1n) is 6.64. The Balaban J connectivity index is 3.01. The molecule has 0 fully saturated rings. The molecule has 0 aliphatic carbocycles. The van der Waals surface area contributed by atoms with Crippen molar-refractivity contribution in [2.24, 2.45) is 0 Å². The number of carbonyl (C=O) groups is 1. The van der Waals surface area contributed by atoms with Crippen molar-refractivity contribution in [3.05, 3.63) is 52.8 Å². The Morgan fingerprint density at radius 1 is 1.37 bits per heavy atom. The minimum atomic E-state index is -0.801. The van der Waals surface area contributed by atoms with Crippen molar-refractivity contribution in [1.82, 2.24) is 0 Å². The third-order valence-electron chi connectivity index (χ3n) is 3.13. The van der Waals surface area contributed by atoms with Crippen LogP contribution in [0.4, 0.5) is 0 Å². The van der Waals surface area contributed by atoms with Gasteiger partial charge in [-0.3, -0.25) is 0 Å². The number of hydrogen-bond acceptors (Lipinski definition) is 2. The van der Waals surface area contributed by atoms with Crippen molar-refractivity contribution in [2.75, 3.05) is 6.61 Å². The lowest BCUT2D eigenvalue weighted by Crippen LogP contribution is -2.25. The summed E-state index contributed by atoms with van der Waals surface area (Å²) in [5, 5.41) is 2.14. The predicted molar refractivity (Wildman–Crippen MR) is 83.6 cm³/mol. The normalized spacial score (nSPS) is 12.5. The maximum Gasteiger partial charge on any atom is 0.329 e. The van der Waals surface area contributed by atoms with E-state index in [2.05, 4.69) is 32.0 Å². The summed E-state index contributed by atoms with van der Waals surface area (Å²) in [6.45, 7) is 8.43. The second-order valence-electron chi connectivity index (χ2n) is 4.47. The molecule has 0 aromatic heterocycles. The molecule has 0 saturated heterocycles. The van der Waals surface area contributed by atoms with Gasteiger partial charge in [0.25, 0.3) is 0 Å². The fraction of sp³-hybridized carbons (Fsp3) is 0.312. The van der Waals surface area contributed by atoms with E-state index in [-0.39, 0.29) is 5.97 Å². The molecule has 1 aromatic carbocycles. The molecule has 0 N–H and O–H groups in total. The van der Waals surface area contributed by atoms with Gasteiger partial charge in [-0.15, -0.1) is 0 Å². The summed E-state index contributed by atoms with van der Waals surface area (Å²) in [5.74, 6) is -0.173. The van der Waals surface area contributed by atoms with Crippen LogP contribution in [0.25, 0.3) is 0 Å². The topological polar surface area (TPSA) is 26.3 Å². The molecule has 0 aliphatic heterocycles. The molecule has 1 rings (SSSR count). The third-order valence-corrected chi connectivity index (χ3v) is 5.18. The molecule has 0 atom stereocenters. The zero-order valence-corrected chi connectivity index (χ0v) is 13.6. The van der Waals surface area contributed by atoms with Crippen molar-refractivity contribution in [1.29, 1.82) is 0 Å². The Labute approximate surface area is 118 Å². The summed E-state index contributed by atoms with van der Waals surface area (Å²) >= 11 is 0. The summed E-state index contributed by atoms with van der Waals surface area (Å²) in [6.07, 6.45) is 5.73. The van der Waals surface area contributed by atoms with Crippen molar-refractivity contribution in [3.8, 4) is 0 Å². The highest BCUT2D eigenvalue weighted by Crippen LogP contribution is 2.05. The molecular formula is C16H22O2Si. The minimum Gasteiger partial charge on any atom is -0.463 e. The molecular weight excluding hydrogens is 252 g/mol. The fourth-order valence-corrected chi connectivity index (χ4v) is 3.55. The highest BCUT2D eigenvalue weighted by molar-refractivity contribution is 6.67. The van der Waals surface area contributed by atoms with Crippen LogP contribution in [0, 0.1) is 13.8 Å². The number of ether oxygens (including phenoxy) is 1. The molecule has 2 nitrogen and oxygen atoms in total. The molecule has 0 aliphatic rings. The van der Waals surface area contributed by atoms with E-state index in [1.165, 1.54) is 16.3 Å². The Kier molecular flexibility index (Phi) is 6.29. The largest absolute Gasteiger partial charge is 0.463 e. The predicted octanol–water partition coefficient (Wildman–Crippen LogP) is 2.12. The maximum absolute atomic E-state index is 12.0. The molecule has 0 amide bonds. The van der Waals surface area contributed by atoms with Gasteiger partial charge in [-0.05, 0) is 38.8 Å². The van der Waals surface area contributed by atoms with E-state index < -0.39 is 9.52 Å². The van der Waals surface area contributed by atoms with E-state index in [0.717, 1.165) is 5.20 Å². The van der Waals surface area contributed by atoms with Crippen LogP contribution in [-0.4, -0.2) is 22.1 Å². The standard InChI is InChI=1S/C16H22O2Si/c1-5-7-10-15(16(17)18-6-2)19-14-11-8-9-12(3)13(14)4/h5,7-11H,6,19H2,1-4H3/b7-5+,15-10-. The van der Waals surface area contributed by atoms with Gasteiger partial charge in [-0.2, -0.15) is 0 Å². The number of esters is 1. The highest BCUT2D eigenvalue weighted by Gasteiger charge is 2.12. The van der Waals surface area contributed by atoms with Crippen molar-refractivity contribution in [2.45, 2.75) is 27.7 Å². The SMILES string of the molecule is C/C=C/C=C(\[SiH2]c1cccc(C)c1C)C(=O)OCC. The molecule has 0 unspecified atom stereocenters. The molecule has 3 heteroatoms.